The number of nitrogens with zero attached hydrogens (tertiary/aromatic N) is 4. The maximum atomic E-state index is 12.8. The predicted molar refractivity (Wildman–Crippen MR) is 139 cm³/mol. The first-order valence-corrected chi connectivity index (χ1v) is 13.4. The summed E-state index contributed by atoms with van der Waals surface area (Å²) in [4.78, 5) is 22.2. The molecule has 2 aromatic rings. The van der Waals surface area contributed by atoms with Gasteiger partial charge in [0.15, 0.2) is 0 Å². The molecule has 2 aliphatic rings. The molecule has 1 aromatic carbocycles. The molecule has 1 N–H and O–H groups in total. The topological polar surface area (TPSA) is 74.5 Å². The summed E-state index contributed by atoms with van der Waals surface area (Å²) in [5.41, 5.74) is 2.36. The van der Waals surface area contributed by atoms with Crippen molar-refractivity contribution in [3.8, 4) is 11.4 Å². The third-order valence-corrected chi connectivity index (χ3v) is 7.54. The standard InChI is InChI=1S/C28H43N5O2/c1-21-12-17-32(18-13-21)16-6-14-29-27(34)23-7-5-15-33(19-23)20-25-30-26(31-35-25)22-8-10-24(11-9-22)28(2,3)4/h8-11,21,23H,5-7,12-20H2,1-4H3,(H,29,34). The molecule has 2 fully saturated rings. The molecule has 192 valence electrons. The fourth-order valence-electron chi connectivity index (χ4n) is 5.10. The minimum absolute atomic E-state index is 0.0342. The molecular weight excluding hydrogens is 438 g/mol. The molecular formula is C28H43N5O2. The van der Waals surface area contributed by atoms with Crippen LogP contribution in [0.5, 0.6) is 0 Å². The lowest BCUT2D eigenvalue weighted by Gasteiger charge is -2.31. The SMILES string of the molecule is CC1CCN(CCCNC(=O)C2CCCN(Cc3nc(-c4ccc(C(C)(C)C)cc4)no3)C2)CC1. The summed E-state index contributed by atoms with van der Waals surface area (Å²) >= 11 is 0. The highest BCUT2D eigenvalue weighted by molar-refractivity contribution is 5.78. The number of carbonyl (C=O) groups is 1. The molecule has 2 aliphatic heterocycles. The first-order chi connectivity index (χ1) is 16.8. The molecule has 3 heterocycles. The second kappa shape index (κ2) is 11.7. The Morgan fingerprint density at radius 2 is 1.83 bits per heavy atom. The summed E-state index contributed by atoms with van der Waals surface area (Å²) in [6.07, 6.45) is 5.59. The number of nitrogens with one attached hydrogen (secondary N) is 1. The number of likely N-dealkylation sites (tertiary alicyclic amines) is 2. The van der Waals surface area contributed by atoms with Crippen LogP contribution >= 0.6 is 0 Å². The maximum absolute atomic E-state index is 12.8. The lowest BCUT2D eigenvalue weighted by atomic mass is 9.87. The summed E-state index contributed by atoms with van der Waals surface area (Å²) in [6, 6.07) is 8.38. The van der Waals surface area contributed by atoms with Crippen LogP contribution in [0, 0.1) is 11.8 Å². The van der Waals surface area contributed by atoms with Gasteiger partial charge in [-0.2, -0.15) is 4.98 Å². The van der Waals surface area contributed by atoms with E-state index < -0.39 is 0 Å². The van der Waals surface area contributed by atoms with E-state index in [4.69, 9.17) is 4.52 Å². The molecule has 0 saturated carbocycles. The second-order valence-corrected chi connectivity index (χ2v) is 11.6. The van der Waals surface area contributed by atoms with Gasteiger partial charge < -0.3 is 14.7 Å². The lowest BCUT2D eigenvalue weighted by Crippen LogP contribution is -2.43. The lowest BCUT2D eigenvalue weighted by molar-refractivity contribution is -0.126. The van der Waals surface area contributed by atoms with Gasteiger partial charge in [0.2, 0.25) is 17.6 Å². The van der Waals surface area contributed by atoms with Gasteiger partial charge in [-0.05, 0) is 75.2 Å². The van der Waals surface area contributed by atoms with Crippen molar-refractivity contribution in [3.05, 3.63) is 35.7 Å². The van der Waals surface area contributed by atoms with E-state index in [-0.39, 0.29) is 17.2 Å². The summed E-state index contributed by atoms with van der Waals surface area (Å²) < 4.78 is 5.55. The van der Waals surface area contributed by atoms with Crippen molar-refractivity contribution in [2.24, 2.45) is 11.8 Å². The molecule has 7 nitrogen and oxygen atoms in total. The Hall–Kier alpha value is -2.25. The Bertz CT molecular complexity index is 941. The van der Waals surface area contributed by atoms with Crippen LogP contribution in [0.2, 0.25) is 0 Å². The number of amides is 1. The number of benzene rings is 1. The summed E-state index contributed by atoms with van der Waals surface area (Å²) in [6.45, 7) is 15.5. The van der Waals surface area contributed by atoms with Crippen molar-refractivity contribution in [1.29, 1.82) is 0 Å². The fraction of sp³-hybridized carbons (Fsp3) is 0.679. The molecule has 0 bridgehead atoms. The van der Waals surface area contributed by atoms with Crippen LogP contribution in [0.25, 0.3) is 11.4 Å². The van der Waals surface area contributed by atoms with Crippen LogP contribution in [-0.4, -0.2) is 65.1 Å². The number of rotatable bonds is 8. The summed E-state index contributed by atoms with van der Waals surface area (Å²) in [5, 5.41) is 7.38. The first-order valence-electron chi connectivity index (χ1n) is 13.4. The molecule has 1 atom stereocenters. The number of carbonyl (C=O) groups excluding carboxylic acids is 1. The third-order valence-electron chi connectivity index (χ3n) is 7.54. The van der Waals surface area contributed by atoms with Crippen LogP contribution < -0.4 is 5.32 Å². The normalized spacial score (nSPS) is 20.7. The van der Waals surface area contributed by atoms with Gasteiger partial charge in [-0.25, -0.2) is 0 Å². The van der Waals surface area contributed by atoms with Gasteiger partial charge in [0.05, 0.1) is 12.5 Å². The maximum Gasteiger partial charge on any atom is 0.241 e. The van der Waals surface area contributed by atoms with Crippen molar-refractivity contribution < 1.29 is 9.32 Å². The van der Waals surface area contributed by atoms with E-state index >= 15 is 0 Å². The molecule has 0 spiro atoms. The van der Waals surface area contributed by atoms with Crippen molar-refractivity contribution in [3.63, 3.8) is 0 Å². The molecule has 0 radical (unpaired) electrons. The van der Waals surface area contributed by atoms with Crippen molar-refractivity contribution in [2.75, 3.05) is 39.3 Å². The van der Waals surface area contributed by atoms with Crippen molar-refractivity contribution >= 4 is 5.91 Å². The van der Waals surface area contributed by atoms with Gasteiger partial charge in [-0.1, -0.05) is 57.1 Å². The Morgan fingerprint density at radius 1 is 1.09 bits per heavy atom. The molecule has 1 aromatic heterocycles. The Morgan fingerprint density at radius 3 is 2.54 bits per heavy atom. The highest BCUT2D eigenvalue weighted by Gasteiger charge is 2.27. The second-order valence-electron chi connectivity index (χ2n) is 11.6. The smallest absolute Gasteiger partial charge is 0.241 e. The molecule has 0 aliphatic carbocycles. The fourth-order valence-corrected chi connectivity index (χ4v) is 5.10. The van der Waals surface area contributed by atoms with Crippen LogP contribution in [0.4, 0.5) is 0 Å². The van der Waals surface area contributed by atoms with Gasteiger partial charge in [0.25, 0.3) is 0 Å². The molecule has 4 rings (SSSR count). The predicted octanol–water partition coefficient (Wildman–Crippen LogP) is 4.48. The monoisotopic (exact) mass is 481 g/mol. The number of hydrogen-bond acceptors (Lipinski definition) is 6. The van der Waals surface area contributed by atoms with E-state index in [9.17, 15) is 4.79 Å². The average molecular weight is 482 g/mol. The Kier molecular flexibility index (Phi) is 8.60. The van der Waals surface area contributed by atoms with Gasteiger partial charge in [0, 0.05) is 18.7 Å². The van der Waals surface area contributed by atoms with E-state index in [0.717, 1.165) is 56.9 Å². The van der Waals surface area contributed by atoms with Crippen LogP contribution in [0.1, 0.15) is 71.3 Å². The first kappa shape index (κ1) is 25.8. The zero-order valence-electron chi connectivity index (χ0n) is 22.1. The third kappa shape index (κ3) is 7.37. The highest BCUT2D eigenvalue weighted by atomic mass is 16.5. The van der Waals surface area contributed by atoms with E-state index in [1.807, 2.05) is 0 Å². The van der Waals surface area contributed by atoms with Gasteiger partial charge in [0.1, 0.15) is 0 Å². The van der Waals surface area contributed by atoms with E-state index in [1.165, 1.54) is 31.5 Å². The molecule has 35 heavy (non-hydrogen) atoms. The van der Waals surface area contributed by atoms with E-state index in [2.05, 4.69) is 77.2 Å². The van der Waals surface area contributed by atoms with E-state index in [1.54, 1.807) is 0 Å². The number of piperidine rings is 2. The zero-order valence-corrected chi connectivity index (χ0v) is 22.1. The zero-order chi connectivity index (χ0) is 24.8. The van der Waals surface area contributed by atoms with Gasteiger partial charge in [-0.15, -0.1) is 0 Å². The van der Waals surface area contributed by atoms with Crippen LogP contribution in [0.15, 0.2) is 28.8 Å². The van der Waals surface area contributed by atoms with Crippen LogP contribution in [-0.2, 0) is 16.8 Å². The van der Waals surface area contributed by atoms with Crippen molar-refractivity contribution in [2.45, 2.75) is 71.8 Å². The van der Waals surface area contributed by atoms with Crippen molar-refractivity contribution in [1.82, 2.24) is 25.3 Å². The largest absolute Gasteiger partial charge is 0.356 e. The molecule has 1 amide bonds. The minimum atomic E-state index is 0.0342. The number of aromatic nitrogens is 2. The number of hydrogen-bond donors (Lipinski definition) is 1. The average Bonchev–Trinajstić information content (AvgIpc) is 3.31. The van der Waals surface area contributed by atoms with E-state index in [0.29, 0.717) is 18.3 Å². The molecule has 2 saturated heterocycles. The summed E-state index contributed by atoms with van der Waals surface area (Å²) in [7, 11) is 0. The highest BCUT2D eigenvalue weighted by Crippen LogP contribution is 2.25. The molecule has 1 unspecified atom stereocenters. The summed E-state index contributed by atoms with van der Waals surface area (Å²) in [5.74, 6) is 2.31. The van der Waals surface area contributed by atoms with Crippen LogP contribution in [0.3, 0.4) is 0 Å². The Balaban J connectivity index is 1.21. The quantitative estimate of drug-likeness (QED) is 0.560. The Labute approximate surface area is 210 Å². The molecule has 7 heteroatoms. The van der Waals surface area contributed by atoms with Gasteiger partial charge >= 0.3 is 0 Å². The minimum Gasteiger partial charge on any atom is -0.356 e. The van der Waals surface area contributed by atoms with Gasteiger partial charge in [-0.3, -0.25) is 9.69 Å².